The van der Waals surface area contributed by atoms with Gasteiger partial charge in [-0.2, -0.15) is 0 Å². The predicted octanol–water partition coefficient (Wildman–Crippen LogP) is 0.824. The number of methoxy groups -OCH3 is 1. The quantitative estimate of drug-likeness (QED) is 0.798. The van der Waals surface area contributed by atoms with Crippen molar-refractivity contribution < 1.29 is 14.3 Å². The fourth-order valence-electron chi connectivity index (χ4n) is 1.33. The van der Waals surface area contributed by atoms with Crippen molar-refractivity contribution in [1.29, 1.82) is 0 Å². The van der Waals surface area contributed by atoms with Gasteiger partial charge in [0.2, 0.25) is 0 Å². The van der Waals surface area contributed by atoms with Gasteiger partial charge in [0.15, 0.2) is 0 Å². The van der Waals surface area contributed by atoms with Crippen LogP contribution < -0.4 is 10.1 Å². The average molecular weight is 207 g/mol. The fourth-order valence-corrected chi connectivity index (χ4v) is 1.33. The van der Waals surface area contributed by atoms with Gasteiger partial charge >= 0.3 is 0 Å². The van der Waals surface area contributed by atoms with Crippen molar-refractivity contribution in [3.05, 3.63) is 29.8 Å². The van der Waals surface area contributed by atoms with Crippen LogP contribution in [-0.2, 0) is 4.74 Å². The number of rotatable bonds is 3. The lowest BCUT2D eigenvalue weighted by Crippen LogP contribution is -2.48. The van der Waals surface area contributed by atoms with E-state index in [1.807, 2.05) is 0 Å². The summed E-state index contributed by atoms with van der Waals surface area (Å²) in [5.41, 5.74) is 0.641. The molecular weight excluding hydrogens is 194 g/mol. The van der Waals surface area contributed by atoms with Gasteiger partial charge in [-0.25, -0.2) is 0 Å². The Kier molecular flexibility index (Phi) is 2.87. The van der Waals surface area contributed by atoms with Gasteiger partial charge in [0.25, 0.3) is 5.91 Å². The Morgan fingerprint density at radius 1 is 1.40 bits per heavy atom. The van der Waals surface area contributed by atoms with Crippen molar-refractivity contribution in [2.24, 2.45) is 0 Å². The molecule has 0 aliphatic carbocycles. The number of carbonyl (C=O) groups excluding carboxylic acids is 1. The molecule has 1 aromatic rings. The standard InChI is InChI=1S/C11H13NO3/c1-14-10-4-2-8(3-5-10)11(13)12-9-6-15-7-9/h2-5,9H,6-7H2,1H3,(H,12,13). The summed E-state index contributed by atoms with van der Waals surface area (Å²) in [5.74, 6) is 0.685. The highest BCUT2D eigenvalue weighted by Crippen LogP contribution is 2.11. The Bertz CT molecular complexity index is 343. The van der Waals surface area contributed by atoms with Crippen LogP contribution in [0.1, 0.15) is 10.4 Å². The van der Waals surface area contributed by atoms with E-state index in [4.69, 9.17) is 9.47 Å². The molecule has 0 radical (unpaired) electrons. The van der Waals surface area contributed by atoms with Gasteiger partial charge in [-0.05, 0) is 24.3 Å². The van der Waals surface area contributed by atoms with Crippen molar-refractivity contribution in [2.75, 3.05) is 20.3 Å². The predicted molar refractivity (Wildman–Crippen MR) is 55.1 cm³/mol. The van der Waals surface area contributed by atoms with Gasteiger partial charge in [-0.1, -0.05) is 0 Å². The second-order valence-electron chi connectivity index (χ2n) is 3.44. The minimum atomic E-state index is -0.0639. The first-order valence-electron chi connectivity index (χ1n) is 4.82. The molecule has 0 saturated carbocycles. The Morgan fingerprint density at radius 3 is 2.53 bits per heavy atom. The molecule has 15 heavy (non-hydrogen) atoms. The van der Waals surface area contributed by atoms with Crippen molar-refractivity contribution in [3.8, 4) is 5.75 Å². The van der Waals surface area contributed by atoms with E-state index in [0.717, 1.165) is 5.75 Å². The Balaban J connectivity index is 1.98. The second-order valence-corrected chi connectivity index (χ2v) is 3.44. The average Bonchev–Trinajstić information content (AvgIpc) is 2.23. The highest BCUT2D eigenvalue weighted by atomic mass is 16.5. The molecule has 1 aliphatic rings. The molecule has 0 atom stereocenters. The molecule has 0 bridgehead atoms. The molecule has 4 heteroatoms. The minimum absolute atomic E-state index is 0.0639. The molecule has 1 aromatic carbocycles. The summed E-state index contributed by atoms with van der Waals surface area (Å²) in [4.78, 5) is 11.6. The zero-order chi connectivity index (χ0) is 10.7. The van der Waals surface area contributed by atoms with E-state index >= 15 is 0 Å². The first kappa shape index (κ1) is 9.98. The molecule has 4 nitrogen and oxygen atoms in total. The minimum Gasteiger partial charge on any atom is -0.497 e. The fraction of sp³-hybridized carbons (Fsp3) is 0.364. The number of benzene rings is 1. The third-order valence-corrected chi connectivity index (χ3v) is 2.33. The maximum atomic E-state index is 11.6. The van der Waals surface area contributed by atoms with Gasteiger partial charge in [0.1, 0.15) is 5.75 Å². The summed E-state index contributed by atoms with van der Waals surface area (Å²) in [6.45, 7) is 1.23. The highest BCUT2D eigenvalue weighted by molar-refractivity contribution is 5.94. The lowest BCUT2D eigenvalue weighted by molar-refractivity contribution is -0.00346. The SMILES string of the molecule is COc1ccc(C(=O)NC2COC2)cc1. The van der Waals surface area contributed by atoms with E-state index in [0.29, 0.717) is 18.8 Å². The number of amides is 1. The van der Waals surface area contributed by atoms with Gasteiger partial charge < -0.3 is 14.8 Å². The van der Waals surface area contributed by atoms with Gasteiger partial charge in [0, 0.05) is 5.56 Å². The van der Waals surface area contributed by atoms with Crippen LogP contribution in [0.3, 0.4) is 0 Å². The summed E-state index contributed by atoms with van der Waals surface area (Å²) in [7, 11) is 1.60. The van der Waals surface area contributed by atoms with Crippen LogP contribution in [0.25, 0.3) is 0 Å². The van der Waals surface area contributed by atoms with Crippen molar-refractivity contribution in [3.63, 3.8) is 0 Å². The molecule has 1 N–H and O–H groups in total. The van der Waals surface area contributed by atoms with Crippen LogP contribution >= 0.6 is 0 Å². The van der Waals surface area contributed by atoms with Gasteiger partial charge in [-0.15, -0.1) is 0 Å². The van der Waals surface area contributed by atoms with Crippen LogP contribution in [0.2, 0.25) is 0 Å². The molecular formula is C11H13NO3. The topological polar surface area (TPSA) is 47.6 Å². The van der Waals surface area contributed by atoms with Crippen LogP contribution in [0.5, 0.6) is 5.75 Å². The van der Waals surface area contributed by atoms with E-state index in [9.17, 15) is 4.79 Å². The van der Waals surface area contributed by atoms with Crippen LogP contribution in [-0.4, -0.2) is 32.3 Å². The zero-order valence-electron chi connectivity index (χ0n) is 8.53. The van der Waals surface area contributed by atoms with E-state index in [2.05, 4.69) is 5.32 Å². The molecule has 1 amide bonds. The Hall–Kier alpha value is -1.55. The molecule has 0 aromatic heterocycles. The molecule has 1 fully saturated rings. The smallest absolute Gasteiger partial charge is 0.251 e. The highest BCUT2D eigenvalue weighted by Gasteiger charge is 2.20. The molecule has 1 saturated heterocycles. The lowest BCUT2D eigenvalue weighted by Gasteiger charge is -2.26. The van der Waals surface area contributed by atoms with Crippen LogP contribution in [0.15, 0.2) is 24.3 Å². The van der Waals surface area contributed by atoms with Crippen LogP contribution in [0, 0.1) is 0 Å². The number of nitrogens with one attached hydrogen (secondary N) is 1. The summed E-state index contributed by atoms with van der Waals surface area (Å²) < 4.78 is 9.98. The Labute approximate surface area is 88.2 Å². The monoisotopic (exact) mass is 207 g/mol. The normalized spacial score (nSPS) is 15.5. The number of hydrogen-bond donors (Lipinski definition) is 1. The summed E-state index contributed by atoms with van der Waals surface area (Å²) >= 11 is 0. The maximum absolute atomic E-state index is 11.6. The summed E-state index contributed by atoms with van der Waals surface area (Å²) in [5, 5.41) is 2.87. The molecule has 2 rings (SSSR count). The van der Waals surface area contributed by atoms with Crippen molar-refractivity contribution in [1.82, 2.24) is 5.32 Å². The van der Waals surface area contributed by atoms with E-state index in [1.165, 1.54) is 0 Å². The van der Waals surface area contributed by atoms with Gasteiger partial charge in [0.05, 0.1) is 26.4 Å². The number of hydrogen-bond acceptors (Lipinski definition) is 3. The molecule has 0 unspecified atom stereocenters. The number of ether oxygens (including phenoxy) is 2. The Morgan fingerprint density at radius 2 is 2.07 bits per heavy atom. The first-order chi connectivity index (χ1) is 7.29. The second kappa shape index (κ2) is 4.31. The molecule has 80 valence electrons. The van der Waals surface area contributed by atoms with Gasteiger partial charge in [-0.3, -0.25) is 4.79 Å². The molecule has 0 spiro atoms. The van der Waals surface area contributed by atoms with E-state index in [1.54, 1.807) is 31.4 Å². The van der Waals surface area contributed by atoms with Crippen LogP contribution in [0.4, 0.5) is 0 Å². The largest absolute Gasteiger partial charge is 0.497 e. The maximum Gasteiger partial charge on any atom is 0.251 e. The summed E-state index contributed by atoms with van der Waals surface area (Å²) in [6, 6.07) is 7.19. The third kappa shape index (κ3) is 2.27. The lowest BCUT2D eigenvalue weighted by atomic mass is 10.2. The zero-order valence-corrected chi connectivity index (χ0v) is 8.53. The third-order valence-electron chi connectivity index (χ3n) is 2.33. The van der Waals surface area contributed by atoms with Crippen molar-refractivity contribution in [2.45, 2.75) is 6.04 Å². The number of carbonyl (C=O) groups is 1. The van der Waals surface area contributed by atoms with E-state index in [-0.39, 0.29) is 11.9 Å². The molecule has 1 aliphatic heterocycles. The van der Waals surface area contributed by atoms with Crippen molar-refractivity contribution >= 4 is 5.91 Å². The first-order valence-corrected chi connectivity index (χ1v) is 4.82. The van der Waals surface area contributed by atoms with E-state index < -0.39 is 0 Å². The summed E-state index contributed by atoms with van der Waals surface area (Å²) in [6.07, 6.45) is 0. The molecule has 1 heterocycles.